The van der Waals surface area contributed by atoms with Crippen LogP contribution in [-0.2, 0) is 6.54 Å². The average molecular weight is 294 g/mol. The molecule has 22 heavy (non-hydrogen) atoms. The second kappa shape index (κ2) is 5.93. The maximum atomic E-state index is 12.1. The van der Waals surface area contributed by atoms with E-state index in [2.05, 4.69) is 5.32 Å². The summed E-state index contributed by atoms with van der Waals surface area (Å²) in [5.74, 6) is 0.138. The van der Waals surface area contributed by atoms with Crippen molar-refractivity contribution in [2.75, 3.05) is 19.0 Å². The molecule has 4 nitrogen and oxygen atoms in total. The van der Waals surface area contributed by atoms with Crippen LogP contribution < -0.4 is 10.2 Å². The van der Waals surface area contributed by atoms with Crippen molar-refractivity contribution < 1.29 is 9.21 Å². The number of para-hydroxylation sites is 1. The first kappa shape index (κ1) is 14.2. The molecule has 3 aromatic rings. The number of hydrogen-bond donors (Lipinski definition) is 1. The Morgan fingerprint density at radius 2 is 1.82 bits per heavy atom. The van der Waals surface area contributed by atoms with Crippen molar-refractivity contribution in [3.05, 3.63) is 65.9 Å². The van der Waals surface area contributed by atoms with Crippen molar-refractivity contribution in [2.24, 2.45) is 0 Å². The molecule has 1 N–H and O–H groups in total. The van der Waals surface area contributed by atoms with Crippen molar-refractivity contribution in [1.82, 2.24) is 5.32 Å². The van der Waals surface area contributed by atoms with Gasteiger partial charge >= 0.3 is 0 Å². The summed E-state index contributed by atoms with van der Waals surface area (Å²) in [7, 11) is 4.00. The summed E-state index contributed by atoms with van der Waals surface area (Å²) in [5, 5.41) is 3.81. The molecule has 0 spiro atoms. The Balaban J connectivity index is 1.66. The summed E-state index contributed by atoms with van der Waals surface area (Å²) in [6.07, 6.45) is 0. The first-order chi connectivity index (χ1) is 10.6. The van der Waals surface area contributed by atoms with Gasteiger partial charge in [-0.3, -0.25) is 4.79 Å². The molecule has 0 aliphatic heterocycles. The molecule has 1 heterocycles. The number of amides is 1. The molecular formula is C18H18N2O2. The summed E-state index contributed by atoms with van der Waals surface area (Å²) < 4.78 is 5.55. The van der Waals surface area contributed by atoms with Gasteiger partial charge < -0.3 is 14.6 Å². The number of hydrogen-bond acceptors (Lipinski definition) is 3. The van der Waals surface area contributed by atoms with Gasteiger partial charge in [-0.15, -0.1) is 0 Å². The highest BCUT2D eigenvalue weighted by Crippen LogP contribution is 2.18. The molecule has 1 amide bonds. The van der Waals surface area contributed by atoms with Gasteiger partial charge in [0.25, 0.3) is 5.91 Å². The highest BCUT2D eigenvalue weighted by atomic mass is 16.3. The van der Waals surface area contributed by atoms with Crippen molar-refractivity contribution in [3.8, 4) is 0 Å². The molecule has 1 aromatic heterocycles. The molecule has 0 unspecified atom stereocenters. The predicted molar refractivity (Wildman–Crippen MR) is 88.2 cm³/mol. The fourth-order valence-corrected chi connectivity index (χ4v) is 2.28. The lowest BCUT2D eigenvalue weighted by atomic mass is 10.2. The normalized spacial score (nSPS) is 10.6. The van der Waals surface area contributed by atoms with Crippen LogP contribution >= 0.6 is 0 Å². The number of anilines is 1. The van der Waals surface area contributed by atoms with Gasteiger partial charge in [0.15, 0.2) is 5.76 Å². The summed E-state index contributed by atoms with van der Waals surface area (Å²) in [6.45, 7) is 0.476. The monoisotopic (exact) mass is 294 g/mol. The fourth-order valence-electron chi connectivity index (χ4n) is 2.28. The van der Waals surface area contributed by atoms with Crippen LogP contribution in [0, 0.1) is 0 Å². The molecule has 0 atom stereocenters. The zero-order chi connectivity index (χ0) is 15.5. The minimum atomic E-state index is -0.201. The SMILES string of the molecule is CN(C)c1ccc(CNC(=O)c2cc3ccccc3o2)cc1. The third-order valence-electron chi connectivity index (χ3n) is 3.56. The molecular weight excluding hydrogens is 276 g/mol. The molecule has 0 saturated carbocycles. The quantitative estimate of drug-likeness (QED) is 0.802. The van der Waals surface area contributed by atoms with E-state index in [4.69, 9.17) is 4.42 Å². The first-order valence-corrected chi connectivity index (χ1v) is 7.16. The van der Waals surface area contributed by atoms with E-state index in [1.165, 1.54) is 0 Å². The second-order valence-electron chi connectivity index (χ2n) is 5.39. The van der Waals surface area contributed by atoms with Gasteiger partial charge in [0.05, 0.1) is 0 Å². The van der Waals surface area contributed by atoms with Crippen molar-refractivity contribution >= 4 is 22.6 Å². The van der Waals surface area contributed by atoms with Crippen LogP contribution in [0.4, 0.5) is 5.69 Å². The van der Waals surface area contributed by atoms with Crippen LogP contribution in [0.2, 0.25) is 0 Å². The van der Waals surface area contributed by atoms with Crippen LogP contribution in [0.25, 0.3) is 11.0 Å². The van der Waals surface area contributed by atoms with Crippen molar-refractivity contribution in [1.29, 1.82) is 0 Å². The van der Waals surface area contributed by atoms with Gasteiger partial charge in [-0.2, -0.15) is 0 Å². The Kier molecular flexibility index (Phi) is 3.83. The van der Waals surface area contributed by atoms with E-state index < -0.39 is 0 Å². The Hall–Kier alpha value is -2.75. The topological polar surface area (TPSA) is 45.5 Å². The molecule has 112 valence electrons. The number of nitrogens with one attached hydrogen (secondary N) is 1. The molecule has 4 heteroatoms. The van der Waals surface area contributed by atoms with E-state index >= 15 is 0 Å². The van der Waals surface area contributed by atoms with E-state index in [-0.39, 0.29) is 5.91 Å². The van der Waals surface area contributed by atoms with E-state index in [1.807, 2.05) is 67.5 Å². The second-order valence-corrected chi connectivity index (χ2v) is 5.39. The van der Waals surface area contributed by atoms with Gasteiger partial charge in [0, 0.05) is 31.7 Å². The number of rotatable bonds is 4. The molecule has 0 aliphatic rings. The third kappa shape index (κ3) is 2.96. The van der Waals surface area contributed by atoms with Crippen molar-refractivity contribution in [2.45, 2.75) is 6.54 Å². The average Bonchev–Trinajstić information content (AvgIpc) is 2.97. The zero-order valence-corrected chi connectivity index (χ0v) is 12.7. The van der Waals surface area contributed by atoms with E-state index in [9.17, 15) is 4.79 Å². The fraction of sp³-hybridized carbons (Fsp3) is 0.167. The molecule has 0 aliphatic carbocycles. The zero-order valence-electron chi connectivity index (χ0n) is 12.7. The number of furan rings is 1. The summed E-state index contributed by atoms with van der Waals surface area (Å²) >= 11 is 0. The highest BCUT2D eigenvalue weighted by molar-refractivity contribution is 5.96. The van der Waals surface area contributed by atoms with Gasteiger partial charge in [-0.25, -0.2) is 0 Å². The minimum absolute atomic E-state index is 0.201. The standard InChI is InChI=1S/C18H18N2O2/c1-20(2)15-9-7-13(8-10-15)12-19-18(21)17-11-14-5-3-4-6-16(14)22-17/h3-11H,12H2,1-2H3,(H,19,21). The largest absolute Gasteiger partial charge is 0.451 e. The number of nitrogens with zero attached hydrogens (tertiary/aromatic N) is 1. The van der Waals surface area contributed by atoms with Gasteiger partial charge in [0.2, 0.25) is 0 Å². The lowest BCUT2D eigenvalue weighted by Gasteiger charge is -2.12. The van der Waals surface area contributed by atoms with E-state index in [0.717, 1.165) is 22.2 Å². The van der Waals surface area contributed by atoms with Gasteiger partial charge in [0.1, 0.15) is 5.58 Å². The lowest BCUT2D eigenvalue weighted by molar-refractivity contribution is 0.0925. The number of fused-ring (bicyclic) bond motifs is 1. The molecule has 0 fully saturated rings. The Morgan fingerprint density at radius 3 is 2.50 bits per heavy atom. The van der Waals surface area contributed by atoms with Crippen LogP contribution in [0.5, 0.6) is 0 Å². The Labute approximate surface area is 129 Å². The summed E-state index contributed by atoms with van der Waals surface area (Å²) in [4.78, 5) is 14.2. The molecule has 0 radical (unpaired) electrons. The smallest absolute Gasteiger partial charge is 0.287 e. The minimum Gasteiger partial charge on any atom is -0.451 e. The highest BCUT2D eigenvalue weighted by Gasteiger charge is 2.11. The lowest BCUT2D eigenvalue weighted by Crippen LogP contribution is -2.22. The van der Waals surface area contributed by atoms with Crippen LogP contribution in [0.1, 0.15) is 16.1 Å². The number of carbonyl (C=O) groups excluding carboxylic acids is 1. The first-order valence-electron chi connectivity index (χ1n) is 7.16. The number of benzene rings is 2. The maximum absolute atomic E-state index is 12.1. The molecule has 3 rings (SSSR count). The van der Waals surface area contributed by atoms with Gasteiger partial charge in [-0.05, 0) is 29.8 Å². The van der Waals surface area contributed by atoms with E-state index in [0.29, 0.717) is 12.3 Å². The Morgan fingerprint density at radius 1 is 1.09 bits per heavy atom. The molecule has 0 saturated heterocycles. The third-order valence-corrected chi connectivity index (χ3v) is 3.56. The maximum Gasteiger partial charge on any atom is 0.287 e. The van der Waals surface area contributed by atoms with Crippen LogP contribution in [0.3, 0.4) is 0 Å². The van der Waals surface area contributed by atoms with E-state index in [1.54, 1.807) is 6.07 Å². The van der Waals surface area contributed by atoms with Gasteiger partial charge in [-0.1, -0.05) is 30.3 Å². The summed E-state index contributed by atoms with van der Waals surface area (Å²) in [6, 6.07) is 17.4. The van der Waals surface area contributed by atoms with Crippen LogP contribution in [0.15, 0.2) is 59.0 Å². The predicted octanol–water partition coefficient (Wildman–Crippen LogP) is 3.43. The number of carbonyl (C=O) groups is 1. The van der Waals surface area contributed by atoms with Crippen LogP contribution in [-0.4, -0.2) is 20.0 Å². The molecule has 2 aromatic carbocycles. The molecule has 0 bridgehead atoms. The summed E-state index contributed by atoms with van der Waals surface area (Å²) in [5.41, 5.74) is 2.91. The Bertz CT molecular complexity index is 755. The van der Waals surface area contributed by atoms with Crippen molar-refractivity contribution in [3.63, 3.8) is 0 Å².